The molecular weight excluding hydrogens is 264 g/mol. The first-order valence-corrected chi connectivity index (χ1v) is 7.10. The summed E-state index contributed by atoms with van der Waals surface area (Å²) in [5.74, 6) is 1.41. The van der Waals surface area contributed by atoms with E-state index in [2.05, 4.69) is 26.8 Å². The van der Waals surface area contributed by atoms with Crippen LogP contribution < -0.4 is 9.64 Å². The zero-order valence-electron chi connectivity index (χ0n) is 11.3. The monoisotopic (exact) mass is 282 g/mol. The third-order valence-corrected chi connectivity index (χ3v) is 4.66. The summed E-state index contributed by atoms with van der Waals surface area (Å²) in [6, 6.07) is 1.31. The van der Waals surface area contributed by atoms with Crippen molar-refractivity contribution in [2.24, 2.45) is 0 Å². The molecule has 3 heterocycles. The minimum atomic E-state index is 0.385. The summed E-state index contributed by atoms with van der Waals surface area (Å²) >= 11 is 6.08. The van der Waals surface area contributed by atoms with Crippen LogP contribution in [-0.2, 0) is 0 Å². The largest absolute Gasteiger partial charge is 0.490 e. The van der Waals surface area contributed by atoms with E-state index in [-0.39, 0.29) is 0 Å². The first-order chi connectivity index (χ1) is 9.20. The van der Waals surface area contributed by atoms with Crippen molar-refractivity contribution >= 4 is 17.4 Å². The highest BCUT2D eigenvalue weighted by Gasteiger charge is 2.35. The van der Waals surface area contributed by atoms with Gasteiger partial charge in [-0.25, -0.2) is 9.97 Å². The van der Waals surface area contributed by atoms with E-state index in [1.165, 1.54) is 19.2 Å². The molecule has 2 bridgehead atoms. The van der Waals surface area contributed by atoms with Crippen molar-refractivity contribution in [1.29, 1.82) is 0 Å². The Morgan fingerprint density at radius 1 is 1.26 bits per heavy atom. The van der Waals surface area contributed by atoms with Crippen molar-refractivity contribution in [1.82, 2.24) is 14.9 Å². The van der Waals surface area contributed by atoms with Gasteiger partial charge in [0.2, 0.25) is 0 Å². The second-order valence-electron chi connectivity index (χ2n) is 5.31. The molecule has 5 nitrogen and oxygen atoms in total. The number of hydrogen-bond donors (Lipinski definition) is 0. The quantitative estimate of drug-likeness (QED) is 0.774. The Kier molecular flexibility index (Phi) is 3.50. The van der Waals surface area contributed by atoms with Crippen molar-refractivity contribution in [3.8, 4) is 5.75 Å². The number of aromatic nitrogens is 2. The first kappa shape index (κ1) is 12.9. The SMILES string of the molecule is COc1c(Cl)ncnc1N1CCC2CCC(C1)N2C. The van der Waals surface area contributed by atoms with Gasteiger partial charge in [-0.1, -0.05) is 11.6 Å². The number of hydrogen-bond acceptors (Lipinski definition) is 5. The van der Waals surface area contributed by atoms with Gasteiger partial charge in [0.25, 0.3) is 0 Å². The summed E-state index contributed by atoms with van der Waals surface area (Å²) < 4.78 is 5.36. The fourth-order valence-corrected chi connectivity index (χ4v) is 3.45. The van der Waals surface area contributed by atoms with Crippen molar-refractivity contribution in [3.63, 3.8) is 0 Å². The van der Waals surface area contributed by atoms with E-state index in [9.17, 15) is 0 Å². The summed E-state index contributed by atoms with van der Waals surface area (Å²) in [6.45, 7) is 1.98. The third-order valence-electron chi connectivity index (χ3n) is 4.39. The van der Waals surface area contributed by atoms with Crippen molar-refractivity contribution in [2.45, 2.75) is 31.3 Å². The van der Waals surface area contributed by atoms with Gasteiger partial charge in [0.15, 0.2) is 16.7 Å². The average Bonchev–Trinajstić information content (AvgIpc) is 2.63. The number of rotatable bonds is 2. The Bertz CT molecular complexity index is 470. The average molecular weight is 283 g/mol. The topological polar surface area (TPSA) is 41.5 Å². The van der Waals surface area contributed by atoms with Crippen LogP contribution in [-0.4, -0.2) is 54.2 Å². The summed E-state index contributed by atoms with van der Waals surface area (Å²) in [5.41, 5.74) is 0. The first-order valence-electron chi connectivity index (χ1n) is 6.72. The molecule has 2 atom stereocenters. The van der Waals surface area contributed by atoms with Gasteiger partial charge in [-0.15, -0.1) is 0 Å². The maximum absolute atomic E-state index is 6.08. The minimum Gasteiger partial charge on any atom is -0.490 e. The Labute approximate surface area is 118 Å². The standard InChI is InChI=1S/C13H19ClN4O/c1-17-9-3-4-10(17)7-18(6-5-9)13-11(19-2)12(14)15-8-16-13/h8-10H,3-7H2,1-2H3. The van der Waals surface area contributed by atoms with Crippen LogP contribution in [0.5, 0.6) is 5.75 Å². The summed E-state index contributed by atoms with van der Waals surface area (Å²) in [4.78, 5) is 13.1. The van der Waals surface area contributed by atoms with Crippen molar-refractivity contribution in [2.75, 3.05) is 32.1 Å². The lowest BCUT2D eigenvalue weighted by Crippen LogP contribution is -2.37. The molecule has 0 spiro atoms. The highest BCUT2D eigenvalue weighted by molar-refractivity contribution is 6.31. The number of fused-ring (bicyclic) bond motifs is 2. The number of methoxy groups -OCH3 is 1. The number of likely N-dealkylation sites (N-methyl/N-ethyl adjacent to an activating group) is 1. The molecule has 0 aromatic carbocycles. The lowest BCUT2D eigenvalue weighted by Gasteiger charge is -2.27. The third kappa shape index (κ3) is 2.25. The summed E-state index contributed by atoms with van der Waals surface area (Å²) in [5, 5.41) is 0.385. The van der Waals surface area contributed by atoms with Crippen LogP contribution in [0.25, 0.3) is 0 Å². The van der Waals surface area contributed by atoms with Crippen LogP contribution in [0.1, 0.15) is 19.3 Å². The molecule has 2 unspecified atom stereocenters. The molecule has 2 fully saturated rings. The molecule has 1 aromatic rings. The van der Waals surface area contributed by atoms with E-state index >= 15 is 0 Å². The Hall–Kier alpha value is -1.07. The molecule has 0 aliphatic carbocycles. The van der Waals surface area contributed by atoms with Crippen molar-refractivity contribution in [3.05, 3.63) is 11.5 Å². The molecule has 0 radical (unpaired) electrons. The second kappa shape index (κ2) is 5.13. The van der Waals surface area contributed by atoms with Crippen LogP contribution in [0.4, 0.5) is 5.82 Å². The minimum absolute atomic E-state index is 0.385. The molecule has 0 saturated carbocycles. The normalized spacial score (nSPS) is 27.4. The van der Waals surface area contributed by atoms with Crippen LogP contribution in [0, 0.1) is 0 Å². The lowest BCUT2D eigenvalue weighted by atomic mass is 10.1. The van der Waals surface area contributed by atoms with E-state index in [0.29, 0.717) is 23.0 Å². The number of ether oxygens (including phenoxy) is 1. The molecule has 6 heteroatoms. The molecule has 19 heavy (non-hydrogen) atoms. The highest BCUT2D eigenvalue weighted by atomic mass is 35.5. The van der Waals surface area contributed by atoms with Crippen LogP contribution in [0.15, 0.2) is 6.33 Å². The van der Waals surface area contributed by atoms with Crippen LogP contribution in [0.3, 0.4) is 0 Å². The molecule has 1 aromatic heterocycles. The molecule has 2 aliphatic rings. The number of halogens is 1. The zero-order valence-corrected chi connectivity index (χ0v) is 12.1. The van der Waals surface area contributed by atoms with Crippen molar-refractivity contribution < 1.29 is 4.74 Å². The van der Waals surface area contributed by atoms with Gasteiger partial charge >= 0.3 is 0 Å². The molecule has 0 amide bonds. The van der Waals surface area contributed by atoms with E-state index < -0.39 is 0 Å². The Morgan fingerprint density at radius 3 is 2.84 bits per heavy atom. The lowest BCUT2D eigenvalue weighted by molar-refractivity contribution is 0.254. The smallest absolute Gasteiger partial charge is 0.199 e. The van der Waals surface area contributed by atoms with Gasteiger partial charge < -0.3 is 9.64 Å². The Balaban J connectivity index is 1.89. The predicted octanol–water partition coefficient (Wildman–Crippen LogP) is 1.81. The molecule has 0 N–H and O–H groups in total. The second-order valence-corrected chi connectivity index (χ2v) is 5.66. The molecule has 3 rings (SSSR count). The summed E-state index contributed by atoms with van der Waals surface area (Å²) in [7, 11) is 3.85. The summed E-state index contributed by atoms with van der Waals surface area (Å²) in [6.07, 6.45) is 5.25. The molecule has 104 valence electrons. The molecule has 2 aliphatic heterocycles. The fraction of sp³-hybridized carbons (Fsp3) is 0.692. The van der Waals surface area contributed by atoms with Gasteiger partial charge in [-0.2, -0.15) is 0 Å². The van der Waals surface area contributed by atoms with Gasteiger partial charge in [0.1, 0.15) is 6.33 Å². The molecule has 2 saturated heterocycles. The van der Waals surface area contributed by atoms with E-state index in [4.69, 9.17) is 16.3 Å². The Morgan fingerprint density at radius 2 is 2.05 bits per heavy atom. The van der Waals surface area contributed by atoms with Gasteiger partial charge in [0, 0.05) is 25.2 Å². The number of anilines is 1. The number of nitrogens with zero attached hydrogens (tertiary/aromatic N) is 4. The predicted molar refractivity (Wildman–Crippen MR) is 75.0 cm³/mol. The van der Waals surface area contributed by atoms with Gasteiger partial charge in [-0.05, 0) is 26.3 Å². The zero-order chi connectivity index (χ0) is 13.4. The van der Waals surface area contributed by atoms with E-state index in [1.807, 2.05) is 0 Å². The van der Waals surface area contributed by atoms with E-state index in [1.54, 1.807) is 7.11 Å². The van der Waals surface area contributed by atoms with Crippen LogP contribution >= 0.6 is 11.6 Å². The molecular formula is C13H19ClN4O. The maximum atomic E-state index is 6.08. The van der Waals surface area contributed by atoms with E-state index in [0.717, 1.165) is 25.3 Å². The highest BCUT2D eigenvalue weighted by Crippen LogP contribution is 2.35. The van der Waals surface area contributed by atoms with Crippen LogP contribution in [0.2, 0.25) is 5.15 Å². The van der Waals surface area contributed by atoms with Gasteiger partial charge in [0.05, 0.1) is 7.11 Å². The maximum Gasteiger partial charge on any atom is 0.199 e. The fourth-order valence-electron chi connectivity index (χ4n) is 3.25. The van der Waals surface area contributed by atoms with Gasteiger partial charge in [-0.3, -0.25) is 4.90 Å².